The van der Waals surface area contributed by atoms with Crippen LogP contribution >= 0.6 is 0 Å². The van der Waals surface area contributed by atoms with Gasteiger partial charge in [-0.2, -0.15) is 0 Å². The highest BCUT2D eigenvalue weighted by Crippen LogP contribution is 2.23. The van der Waals surface area contributed by atoms with Crippen molar-refractivity contribution in [2.75, 3.05) is 0 Å². The summed E-state index contributed by atoms with van der Waals surface area (Å²) in [6.45, 7) is 3.89. The Morgan fingerprint density at radius 2 is 1.81 bits per heavy atom. The summed E-state index contributed by atoms with van der Waals surface area (Å²) in [7, 11) is 0. The van der Waals surface area contributed by atoms with Crippen LogP contribution in [0.1, 0.15) is 25.0 Å². The number of hydrogen-bond acceptors (Lipinski definition) is 4. The minimum absolute atomic E-state index is 0.105. The van der Waals surface area contributed by atoms with Crippen LogP contribution in [-0.4, -0.2) is 22.8 Å². The Morgan fingerprint density at radius 3 is 2.53 bits per heavy atom. The van der Waals surface area contributed by atoms with E-state index in [-0.39, 0.29) is 36.6 Å². The molecule has 0 aliphatic heterocycles. The minimum Gasteiger partial charge on any atom is -0.439 e. The highest BCUT2D eigenvalue weighted by atomic mass is 19.1. The zero-order valence-electron chi connectivity index (χ0n) is 18.0. The fraction of sp³-hybridized carbons (Fsp3) is 0.240. The number of rotatable bonds is 9. The Kier molecular flexibility index (Phi) is 7.91. The molecule has 166 valence electrons. The third-order valence-electron chi connectivity index (χ3n) is 4.79. The van der Waals surface area contributed by atoms with Gasteiger partial charge in [0.1, 0.15) is 17.6 Å². The van der Waals surface area contributed by atoms with Crippen molar-refractivity contribution >= 4 is 11.8 Å². The van der Waals surface area contributed by atoms with Crippen LogP contribution in [-0.2, 0) is 22.6 Å². The van der Waals surface area contributed by atoms with E-state index in [4.69, 9.17) is 4.74 Å². The van der Waals surface area contributed by atoms with Gasteiger partial charge in [-0.15, -0.1) is 0 Å². The van der Waals surface area contributed by atoms with E-state index in [1.807, 2.05) is 44.2 Å². The number of carbonyl (C=O) groups is 2. The van der Waals surface area contributed by atoms with Gasteiger partial charge in [0.15, 0.2) is 0 Å². The molecule has 0 aliphatic carbocycles. The number of nitrogens with one attached hydrogen (secondary N) is 2. The topological polar surface area (TPSA) is 80.3 Å². The average Bonchev–Trinajstić information content (AvgIpc) is 2.77. The fourth-order valence-corrected chi connectivity index (χ4v) is 3.13. The molecule has 0 spiro atoms. The molecule has 2 amide bonds. The summed E-state index contributed by atoms with van der Waals surface area (Å²) in [5.41, 5.74) is 1.51. The van der Waals surface area contributed by atoms with Gasteiger partial charge in [0.05, 0.1) is 6.42 Å². The number of aromatic nitrogens is 1. The number of nitrogens with zero attached hydrogens (tertiary/aromatic N) is 1. The van der Waals surface area contributed by atoms with E-state index < -0.39 is 11.9 Å². The first kappa shape index (κ1) is 22.9. The van der Waals surface area contributed by atoms with Crippen LogP contribution in [0.2, 0.25) is 0 Å². The molecular formula is C25H26FN3O3. The zero-order valence-corrected chi connectivity index (χ0v) is 18.0. The lowest BCUT2D eigenvalue weighted by molar-refractivity contribution is -0.129. The Bertz CT molecular complexity index is 1060. The molecule has 1 atom stereocenters. The lowest BCUT2D eigenvalue weighted by Crippen LogP contribution is -2.49. The van der Waals surface area contributed by atoms with Gasteiger partial charge < -0.3 is 15.4 Å². The monoisotopic (exact) mass is 435 g/mol. The molecule has 3 aromatic rings. The molecule has 0 saturated heterocycles. The van der Waals surface area contributed by atoms with Crippen molar-refractivity contribution in [3.8, 4) is 11.6 Å². The summed E-state index contributed by atoms with van der Waals surface area (Å²) in [5.74, 6) is -0.466. The van der Waals surface area contributed by atoms with Gasteiger partial charge in [-0.25, -0.2) is 9.37 Å². The number of benzene rings is 2. The maximum atomic E-state index is 13.4. The molecule has 7 heteroatoms. The maximum Gasteiger partial charge on any atom is 0.243 e. The zero-order chi connectivity index (χ0) is 22.9. The number of hydrogen-bond donors (Lipinski definition) is 2. The van der Waals surface area contributed by atoms with Crippen molar-refractivity contribution in [1.82, 2.24) is 15.6 Å². The third-order valence-corrected chi connectivity index (χ3v) is 4.79. The molecule has 0 radical (unpaired) electrons. The Labute approximate surface area is 186 Å². The summed E-state index contributed by atoms with van der Waals surface area (Å²) < 4.78 is 19.1. The summed E-state index contributed by atoms with van der Waals surface area (Å²) in [6.07, 6.45) is 1.76. The van der Waals surface area contributed by atoms with Crippen molar-refractivity contribution in [2.45, 2.75) is 32.9 Å². The number of halogens is 1. The quantitative estimate of drug-likeness (QED) is 0.532. The lowest BCUT2D eigenvalue weighted by Gasteiger charge is -2.22. The summed E-state index contributed by atoms with van der Waals surface area (Å²) in [5, 5.41) is 5.66. The van der Waals surface area contributed by atoms with Gasteiger partial charge in [-0.1, -0.05) is 56.3 Å². The summed E-state index contributed by atoms with van der Waals surface area (Å²) in [6, 6.07) is 17.9. The molecule has 0 fully saturated rings. The predicted octanol–water partition coefficient (Wildman–Crippen LogP) is 4.01. The van der Waals surface area contributed by atoms with Crippen LogP contribution in [0.25, 0.3) is 0 Å². The number of pyridine rings is 1. The smallest absolute Gasteiger partial charge is 0.243 e. The fourth-order valence-electron chi connectivity index (χ4n) is 3.13. The van der Waals surface area contributed by atoms with Gasteiger partial charge >= 0.3 is 0 Å². The Balaban J connectivity index is 1.62. The molecule has 0 aliphatic rings. The average molecular weight is 435 g/mol. The third kappa shape index (κ3) is 6.63. The first-order chi connectivity index (χ1) is 15.4. The van der Waals surface area contributed by atoms with Gasteiger partial charge in [-0.3, -0.25) is 9.59 Å². The van der Waals surface area contributed by atoms with Gasteiger partial charge in [0, 0.05) is 24.4 Å². The molecule has 0 bridgehead atoms. The second-order valence-electron chi connectivity index (χ2n) is 7.70. The highest BCUT2D eigenvalue weighted by molar-refractivity contribution is 5.88. The molecule has 6 nitrogen and oxygen atoms in total. The first-order valence-corrected chi connectivity index (χ1v) is 10.4. The van der Waals surface area contributed by atoms with E-state index in [1.165, 1.54) is 12.1 Å². The highest BCUT2D eigenvalue weighted by Gasteiger charge is 2.24. The molecule has 32 heavy (non-hydrogen) atoms. The van der Waals surface area contributed by atoms with Crippen molar-refractivity contribution in [1.29, 1.82) is 0 Å². The molecule has 1 heterocycles. The van der Waals surface area contributed by atoms with Gasteiger partial charge in [0.2, 0.25) is 17.7 Å². The van der Waals surface area contributed by atoms with E-state index in [0.29, 0.717) is 11.3 Å². The van der Waals surface area contributed by atoms with Crippen molar-refractivity contribution in [3.05, 3.63) is 89.9 Å². The van der Waals surface area contributed by atoms with E-state index in [9.17, 15) is 14.0 Å². The summed E-state index contributed by atoms with van der Waals surface area (Å²) in [4.78, 5) is 29.5. The van der Waals surface area contributed by atoms with E-state index in [1.54, 1.807) is 30.5 Å². The second kappa shape index (κ2) is 11.0. The molecule has 3 rings (SSSR count). The summed E-state index contributed by atoms with van der Waals surface area (Å²) >= 11 is 0. The minimum atomic E-state index is -0.685. The Hall–Kier alpha value is -3.74. The molecule has 0 saturated carbocycles. The first-order valence-electron chi connectivity index (χ1n) is 10.4. The standard InChI is InChI=1S/C25H26FN3O3/c1-17(2)23(29-22(30)14-18-8-4-3-5-9-18)24(31)28-16-19-10-7-13-27-25(19)32-21-12-6-11-20(26)15-21/h3-13,15,17,23H,14,16H2,1-2H3,(H,28,31)(H,29,30). The van der Waals surface area contributed by atoms with Crippen LogP contribution < -0.4 is 15.4 Å². The number of ether oxygens (including phenoxy) is 1. The second-order valence-corrected chi connectivity index (χ2v) is 7.70. The van der Waals surface area contributed by atoms with Crippen LogP contribution in [0.15, 0.2) is 72.9 Å². The maximum absolute atomic E-state index is 13.4. The van der Waals surface area contributed by atoms with Gasteiger partial charge in [0.25, 0.3) is 0 Å². The van der Waals surface area contributed by atoms with Gasteiger partial charge in [-0.05, 0) is 29.7 Å². The molecule has 1 aromatic heterocycles. The largest absolute Gasteiger partial charge is 0.439 e. The Morgan fingerprint density at radius 1 is 1.03 bits per heavy atom. The van der Waals surface area contributed by atoms with Crippen LogP contribution in [0, 0.1) is 11.7 Å². The predicted molar refractivity (Wildman–Crippen MR) is 119 cm³/mol. The molecule has 2 N–H and O–H groups in total. The molecule has 1 unspecified atom stereocenters. The van der Waals surface area contributed by atoms with E-state index in [0.717, 1.165) is 5.56 Å². The number of carbonyl (C=O) groups excluding carboxylic acids is 2. The van der Waals surface area contributed by atoms with Crippen LogP contribution in [0.3, 0.4) is 0 Å². The van der Waals surface area contributed by atoms with Crippen LogP contribution in [0.5, 0.6) is 11.6 Å². The van der Waals surface area contributed by atoms with Crippen molar-refractivity contribution in [3.63, 3.8) is 0 Å². The van der Waals surface area contributed by atoms with Crippen molar-refractivity contribution < 1.29 is 18.7 Å². The SMILES string of the molecule is CC(C)C(NC(=O)Cc1ccccc1)C(=O)NCc1cccnc1Oc1cccc(F)c1. The van der Waals surface area contributed by atoms with Crippen molar-refractivity contribution in [2.24, 2.45) is 5.92 Å². The normalized spacial score (nSPS) is 11.6. The molecular weight excluding hydrogens is 409 g/mol. The number of amides is 2. The van der Waals surface area contributed by atoms with Crippen LogP contribution in [0.4, 0.5) is 4.39 Å². The van der Waals surface area contributed by atoms with E-state index >= 15 is 0 Å². The molecule has 2 aromatic carbocycles. The lowest BCUT2D eigenvalue weighted by atomic mass is 10.0. The van der Waals surface area contributed by atoms with E-state index in [2.05, 4.69) is 15.6 Å².